The summed E-state index contributed by atoms with van der Waals surface area (Å²) in [7, 11) is 1.68. The highest BCUT2D eigenvalue weighted by atomic mass is 32.1. The van der Waals surface area contributed by atoms with Gasteiger partial charge in [0.15, 0.2) is 0 Å². The topological polar surface area (TPSA) is 56.3 Å². The van der Waals surface area contributed by atoms with E-state index < -0.39 is 0 Å². The number of ether oxygens (including phenoxy) is 2. The zero-order chi connectivity index (χ0) is 10.5. The van der Waals surface area contributed by atoms with Crippen molar-refractivity contribution in [3.05, 3.63) is 5.01 Å². The summed E-state index contributed by atoms with van der Waals surface area (Å²) in [5.41, 5.74) is 0. The maximum atomic E-state index is 5.32. The summed E-state index contributed by atoms with van der Waals surface area (Å²) in [6.45, 7) is 3.08. The van der Waals surface area contributed by atoms with Gasteiger partial charge in [-0.1, -0.05) is 11.3 Å². The SMILES string of the molecule is COCCNc1nnc([C@@H]2CCOC2)s1. The third-order valence-electron chi connectivity index (χ3n) is 2.30. The summed E-state index contributed by atoms with van der Waals surface area (Å²) in [4.78, 5) is 0. The minimum Gasteiger partial charge on any atom is -0.383 e. The van der Waals surface area contributed by atoms with Crippen molar-refractivity contribution in [2.75, 3.05) is 38.8 Å². The van der Waals surface area contributed by atoms with Crippen LogP contribution in [0.15, 0.2) is 0 Å². The van der Waals surface area contributed by atoms with Gasteiger partial charge in [-0.15, -0.1) is 10.2 Å². The standard InChI is InChI=1S/C9H15N3O2S/c1-13-5-3-10-9-12-11-8(15-9)7-2-4-14-6-7/h7H,2-6H2,1H3,(H,10,12)/t7-/m1/s1. The summed E-state index contributed by atoms with van der Waals surface area (Å²) in [5, 5.41) is 13.4. The Morgan fingerprint density at radius 3 is 3.27 bits per heavy atom. The summed E-state index contributed by atoms with van der Waals surface area (Å²) < 4.78 is 10.3. The first-order chi connectivity index (χ1) is 7.40. The van der Waals surface area contributed by atoms with Gasteiger partial charge in [-0.05, 0) is 6.42 Å². The number of aromatic nitrogens is 2. The number of nitrogens with one attached hydrogen (secondary N) is 1. The number of anilines is 1. The fourth-order valence-electron chi connectivity index (χ4n) is 1.46. The minimum atomic E-state index is 0.445. The Morgan fingerprint density at radius 1 is 1.60 bits per heavy atom. The lowest BCUT2D eigenvalue weighted by molar-refractivity contribution is 0.194. The number of rotatable bonds is 5. The molecule has 0 aliphatic carbocycles. The third-order valence-corrected chi connectivity index (χ3v) is 3.35. The Bertz CT molecular complexity index is 299. The van der Waals surface area contributed by atoms with Gasteiger partial charge in [-0.25, -0.2) is 0 Å². The molecule has 1 saturated heterocycles. The molecule has 0 saturated carbocycles. The normalized spacial score (nSPS) is 20.7. The molecular formula is C9H15N3O2S. The van der Waals surface area contributed by atoms with Crippen LogP contribution in [0.4, 0.5) is 5.13 Å². The molecule has 6 heteroatoms. The molecule has 1 fully saturated rings. The molecule has 2 rings (SSSR count). The number of methoxy groups -OCH3 is 1. The number of hydrogen-bond acceptors (Lipinski definition) is 6. The number of nitrogens with zero attached hydrogens (tertiary/aromatic N) is 2. The second-order valence-electron chi connectivity index (χ2n) is 3.43. The van der Waals surface area contributed by atoms with E-state index in [0.29, 0.717) is 12.5 Å². The molecule has 0 spiro atoms. The average molecular weight is 229 g/mol. The average Bonchev–Trinajstić information content (AvgIpc) is 2.87. The highest BCUT2D eigenvalue weighted by Gasteiger charge is 2.21. The van der Waals surface area contributed by atoms with Crippen LogP contribution in [0.5, 0.6) is 0 Å². The van der Waals surface area contributed by atoms with Gasteiger partial charge in [0.05, 0.1) is 13.2 Å². The predicted molar refractivity (Wildman–Crippen MR) is 58.5 cm³/mol. The molecular weight excluding hydrogens is 214 g/mol. The van der Waals surface area contributed by atoms with Crippen LogP contribution >= 0.6 is 11.3 Å². The zero-order valence-electron chi connectivity index (χ0n) is 8.73. The highest BCUT2D eigenvalue weighted by Crippen LogP contribution is 2.29. The van der Waals surface area contributed by atoms with Crippen molar-refractivity contribution in [1.29, 1.82) is 0 Å². The van der Waals surface area contributed by atoms with Crippen molar-refractivity contribution in [3.63, 3.8) is 0 Å². The smallest absolute Gasteiger partial charge is 0.205 e. The Hall–Kier alpha value is -0.720. The molecule has 0 unspecified atom stereocenters. The molecule has 15 heavy (non-hydrogen) atoms. The lowest BCUT2D eigenvalue weighted by Gasteiger charge is -2.00. The highest BCUT2D eigenvalue weighted by molar-refractivity contribution is 7.15. The first-order valence-corrected chi connectivity index (χ1v) is 5.85. The predicted octanol–water partition coefficient (Wildman–Crippen LogP) is 1.10. The van der Waals surface area contributed by atoms with E-state index in [1.54, 1.807) is 18.4 Å². The van der Waals surface area contributed by atoms with Crippen molar-refractivity contribution in [3.8, 4) is 0 Å². The van der Waals surface area contributed by atoms with Crippen LogP contribution in [0.1, 0.15) is 17.3 Å². The molecule has 0 aromatic carbocycles. The second-order valence-corrected chi connectivity index (χ2v) is 4.43. The van der Waals surface area contributed by atoms with E-state index in [4.69, 9.17) is 9.47 Å². The van der Waals surface area contributed by atoms with Gasteiger partial charge in [-0.2, -0.15) is 0 Å². The quantitative estimate of drug-likeness (QED) is 0.766. The van der Waals surface area contributed by atoms with Crippen LogP contribution in [0.3, 0.4) is 0 Å². The summed E-state index contributed by atoms with van der Waals surface area (Å²) in [6.07, 6.45) is 1.06. The molecule has 0 radical (unpaired) electrons. The Morgan fingerprint density at radius 2 is 2.53 bits per heavy atom. The third kappa shape index (κ3) is 2.87. The van der Waals surface area contributed by atoms with Gasteiger partial charge >= 0.3 is 0 Å². The van der Waals surface area contributed by atoms with E-state index in [2.05, 4.69) is 15.5 Å². The molecule has 0 bridgehead atoms. The molecule has 1 N–H and O–H groups in total. The fraction of sp³-hybridized carbons (Fsp3) is 0.778. The fourth-order valence-corrected chi connectivity index (χ4v) is 2.35. The van der Waals surface area contributed by atoms with Gasteiger partial charge < -0.3 is 14.8 Å². The molecule has 5 nitrogen and oxygen atoms in total. The van der Waals surface area contributed by atoms with Crippen LogP contribution in [0.25, 0.3) is 0 Å². The van der Waals surface area contributed by atoms with Crippen molar-refractivity contribution in [2.24, 2.45) is 0 Å². The minimum absolute atomic E-state index is 0.445. The van der Waals surface area contributed by atoms with Gasteiger partial charge in [0.2, 0.25) is 5.13 Å². The van der Waals surface area contributed by atoms with Crippen molar-refractivity contribution in [1.82, 2.24) is 10.2 Å². The van der Waals surface area contributed by atoms with Crippen LogP contribution in [0, 0.1) is 0 Å². The summed E-state index contributed by atoms with van der Waals surface area (Å²) in [6, 6.07) is 0. The molecule has 1 aromatic rings. The molecule has 84 valence electrons. The zero-order valence-corrected chi connectivity index (χ0v) is 9.55. The van der Waals surface area contributed by atoms with Crippen LogP contribution < -0.4 is 5.32 Å². The monoisotopic (exact) mass is 229 g/mol. The van der Waals surface area contributed by atoms with Crippen molar-refractivity contribution < 1.29 is 9.47 Å². The van der Waals surface area contributed by atoms with E-state index in [-0.39, 0.29) is 0 Å². The molecule has 1 aromatic heterocycles. The van der Waals surface area contributed by atoms with Crippen molar-refractivity contribution >= 4 is 16.5 Å². The molecule has 1 aliphatic heterocycles. The summed E-state index contributed by atoms with van der Waals surface area (Å²) >= 11 is 1.61. The Kier molecular flexibility index (Phi) is 3.87. The molecule has 1 aliphatic rings. The Labute approximate surface area is 92.8 Å². The molecule has 0 amide bonds. The number of hydrogen-bond donors (Lipinski definition) is 1. The summed E-state index contributed by atoms with van der Waals surface area (Å²) in [5.74, 6) is 0.445. The van der Waals surface area contributed by atoms with Gasteiger partial charge in [0.25, 0.3) is 0 Å². The second kappa shape index (κ2) is 5.39. The van der Waals surface area contributed by atoms with Crippen LogP contribution in [0.2, 0.25) is 0 Å². The van der Waals surface area contributed by atoms with E-state index >= 15 is 0 Å². The van der Waals surface area contributed by atoms with Gasteiger partial charge in [0.1, 0.15) is 5.01 Å². The molecule has 2 heterocycles. The van der Waals surface area contributed by atoms with Gasteiger partial charge in [-0.3, -0.25) is 0 Å². The maximum absolute atomic E-state index is 5.32. The maximum Gasteiger partial charge on any atom is 0.205 e. The van der Waals surface area contributed by atoms with E-state index in [1.165, 1.54) is 0 Å². The largest absolute Gasteiger partial charge is 0.383 e. The lowest BCUT2D eigenvalue weighted by atomic mass is 10.1. The van der Waals surface area contributed by atoms with E-state index in [1.807, 2.05) is 0 Å². The Balaban J connectivity index is 1.86. The molecule has 1 atom stereocenters. The van der Waals surface area contributed by atoms with Crippen LogP contribution in [-0.2, 0) is 9.47 Å². The van der Waals surface area contributed by atoms with Gasteiger partial charge in [0, 0.05) is 26.2 Å². The van der Waals surface area contributed by atoms with E-state index in [9.17, 15) is 0 Å². The lowest BCUT2D eigenvalue weighted by Crippen LogP contribution is -2.06. The first kappa shape index (κ1) is 10.8. The van der Waals surface area contributed by atoms with E-state index in [0.717, 1.165) is 36.3 Å². The first-order valence-electron chi connectivity index (χ1n) is 5.04. The van der Waals surface area contributed by atoms with Crippen molar-refractivity contribution in [2.45, 2.75) is 12.3 Å². The van der Waals surface area contributed by atoms with Crippen LogP contribution in [-0.4, -0.2) is 43.7 Å².